The van der Waals surface area contributed by atoms with Gasteiger partial charge < -0.3 is 0 Å². The molecule has 0 bridgehead atoms. The molecule has 0 unspecified atom stereocenters. The molecule has 74 valence electrons. The van der Waals surface area contributed by atoms with Crippen molar-refractivity contribution in [1.82, 2.24) is 14.5 Å². The van der Waals surface area contributed by atoms with Gasteiger partial charge in [-0.05, 0) is 0 Å². The fraction of sp³-hybridized carbons (Fsp3) is 0.400. The van der Waals surface area contributed by atoms with Crippen LogP contribution in [0.3, 0.4) is 0 Å². The Balaban J connectivity index is 2.80. The molecule has 2 aromatic rings. The molecule has 4 heteroatoms. The molecule has 0 aliphatic carbocycles. The van der Waals surface area contributed by atoms with Gasteiger partial charge in [0, 0.05) is 0 Å². The molecule has 0 aliphatic rings. The second kappa shape index (κ2) is 3.22. The van der Waals surface area contributed by atoms with Gasteiger partial charge in [0.15, 0.2) is 0 Å². The number of nitrogens with zero attached hydrogens (tertiary/aromatic N) is 3. The minimum atomic E-state index is -2.03. The number of fused-ring (bicyclic) bond motifs is 1. The van der Waals surface area contributed by atoms with E-state index < -0.39 is 18.4 Å². The maximum absolute atomic E-state index is 4.44. The van der Waals surface area contributed by atoms with Gasteiger partial charge >= 0.3 is 88.1 Å². The van der Waals surface area contributed by atoms with E-state index >= 15 is 0 Å². The summed E-state index contributed by atoms with van der Waals surface area (Å²) in [6.07, 6.45) is 5.74. The van der Waals surface area contributed by atoms with Gasteiger partial charge in [-0.3, -0.25) is 0 Å². The summed E-state index contributed by atoms with van der Waals surface area (Å²) in [5, 5.41) is 0. The SMILES string of the molecule is Cn1c[c]([Sn]([CH3])([CH3])[CH3])c2nccnc21. The van der Waals surface area contributed by atoms with E-state index in [0.29, 0.717) is 0 Å². The van der Waals surface area contributed by atoms with E-state index in [0.717, 1.165) is 11.2 Å². The maximum atomic E-state index is 4.44. The van der Waals surface area contributed by atoms with Crippen LogP contribution in [0, 0.1) is 0 Å². The monoisotopic (exact) mass is 297 g/mol. The van der Waals surface area contributed by atoms with Gasteiger partial charge in [-0.15, -0.1) is 0 Å². The first-order chi connectivity index (χ1) is 6.50. The van der Waals surface area contributed by atoms with Crippen LogP contribution in [0.2, 0.25) is 14.8 Å². The summed E-state index contributed by atoms with van der Waals surface area (Å²) < 4.78 is 3.55. The van der Waals surface area contributed by atoms with E-state index in [4.69, 9.17) is 0 Å². The fourth-order valence-electron chi connectivity index (χ4n) is 1.64. The standard InChI is InChI=1S/C7H6N3.3CH3.Sn/c1-10-5-2-6-7(10)9-4-3-8-6;;;;/h3-5H,1H3;3*1H3;. The van der Waals surface area contributed by atoms with Gasteiger partial charge in [-0.2, -0.15) is 0 Å². The third kappa shape index (κ3) is 1.53. The molecular weight excluding hydrogens is 281 g/mol. The number of hydrogen-bond donors (Lipinski definition) is 0. The van der Waals surface area contributed by atoms with Crippen LogP contribution in [0.1, 0.15) is 0 Å². The predicted octanol–water partition coefficient (Wildman–Crippen LogP) is 1.51. The number of aryl methyl sites for hydroxylation is 1. The van der Waals surface area contributed by atoms with Crippen molar-refractivity contribution in [1.29, 1.82) is 0 Å². The molecule has 0 atom stereocenters. The Hall–Kier alpha value is -0.581. The molecule has 0 saturated heterocycles. The Bertz CT molecular complexity index is 468. The van der Waals surface area contributed by atoms with E-state index in [1.54, 1.807) is 12.4 Å². The molecule has 0 N–H and O–H groups in total. The Morgan fingerprint density at radius 3 is 2.43 bits per heavy atom. The van der Waals surface area contributed by atoms with Crippen molar-refractivity contribution in [3.05, 3.63) is 18.6 Å². The number of aromatic nitrogens is 3. The summed E-state index contributed by atoms with van der Waals surface area (Å²) >= 11 is -2.03. The molecular formula is C10H15N3Sn. The van der Waals surface area contributed by atoms with E-state index in [1.165, 1.54) is 3.58 Å². The third-order valence-corrected chi connectivity index (χ3v) is 8.06. The Kier molecular flexibility index (Phi) is 2.29. The van der Waals surface area contributed by atoms with Crippen molar-refractivity contribution in [3.63, 3.8) is 0 Å². The van der Waals surface area contributed by atoms with E-state index in [-0.39, 0.29) is 0 Å². The second-order valence-corrected chi connectivity index (χ2v) is 19.0. The first kappa shape index (κ1) is 9.95. The van der Waals surface area contributed by atoms with Crippen LogP contribution in [0.15, 0.2) is 18.6 Å². The van der Waals surface area contributed by atoms with Crippen LogP contribution >= 0.6 is 0 Å². The molecule has 0 radical (unpaired) electrons. The van der Waals surface area contributed by atoms with E-state index in [2.05, 4.69) is 35.6 Å². The average molecular weight is 296 g/mol. The van der Waals surface area contributed by atoms with Gasteiger partial charge in [0.05, 0.1) is 0 Å². The van der Waals surface area contributed by atoms with Crippen molar-refractivity contribution in [3.8, 4) is 0 Å². The van der Waals surface area contributed by atoms with Crippen molar-refractivity contribution in [2.45, 2.75) is 14.8 Å². The quantitative estimate of drug-likeness (QED) is 0.747. The Morgan fingerprint density at radius 2 is 1.79 bits per heavy atom. The molecule has 0 aliphatic heterocycles. The molecule has 0 fully saturated rings. The second-order valence-electron chi connectivity index (χ2n) is 4.63. The number of rotatable bonds is 1. The summed E-state index contributed by atoms with van der Waals surface area (Å²) in [5.74, 6) is 0. The zero-order valence-corrected chi connectivity index (χ0v) is 11.9. The van der Waals surface area contributed by atoms with Crippen molar-refractivity contribution < 1.29 is 0 Å². The molecule has 0 saturated carbocycles. The van der Waals surface area contributed by atoms with Crippen LogP contribution in [-0.2, 0) is 7.05 Å². The predicted molar refractivity (Wildman–Crippen MR) is 61.5 cm³/mol. The topological polar surface area (TPSA) is 30.7 Å². The van der Waals surface area contributed by atoms with Crippen molar-refractivity contribution >= 4 is 33.1 Å². The van der Waals surface area contributed by atoms with Crippen LogP contribution < -0.4 is 3.58 Å². The summed E-state index contributed by atoms with van der Waals surface area (Å²) in [6.45, 7) is 0. The Morgan fingerprint density at radius 1 is 1.14 bits per heavy atom. The molecule has 0 aromatic carbocycles. The van der Waals surface area contributed by atoms with Gasteiger partial charge in [-0.25, -0.2) is 0 Å². The zero-order chi connectivity index (χ0) is 10.3. The molecule has 14 heavy (non-hydrogen) atoms. The fourth-order valence-corrected chi connectivity index (χ4v) is 5.83. The summed E-state index contributed by atoms with van der Waals surface area (Å²) in [5.41, 5.74) is 2.12. The number of hydrogen-bond acceptors (Lipinski definition) is 2. The first-order valence-corrected chi connectivity index (χ1v) is 14.8. The molecule has 2 heterocycles. The van der Waals surface area contributed by atoms with Crippen LogP contribution in [0.4, 0.5) is 0 Å². The van der Waals surface area contributed by atoms with E-state index in [1.807, 2.05) is 7.05 Å². The third-order valence-electron chi connectivity index (χ3n) is 2.40. The van der Waals surface area contributed by atoms with Gasteiger partial charge in [-0.1, -0.05) is 0 Å². The van der Waals surface area contributed by atoms with Crippen LogP contribution in [0.25, 0.3) is 11.2 Å². The average Bonchev–Trinajstić information content (AvgIpc) is 2.44. The van der Waals surface area contributed by atoms with Gasteiger partial charge in [0.2, 0.25) is 0 Å². The molecule has 0 spiro atoms. The molecule has 2 aromatic heterocycles. The summed E-state index contributed by atoms with van der Waals surface area (Å²) in [7, 11) is 2.04. The first-order valence-electron chi connectivity index (χ1n) is 4.76. The normalized spacial score (nSPS) is 12.3. The van der Waals surface area contributed by atoms with Crippen LogP contribution in [-0.4, -0.2) is 32.9 Å². The molecule has 0 amide bonds. The zero-order valence-electron chi connectivity index (χ0n) is 9.07. The Labute approximate surface area is 88.0 Å². The van der Waals surface area contributed by atoms with Crippen molar-refractivity contribution in [2.24, 2.45) is 7.05 Å². The molecule has 2 rings (SSSR count). The van der Waals surface area contributed by atoms with Crippen molar-refractivity contribution in [2.75, 3.05) is 0 Å². The minimum absolute atomic E-state index is 1.01. The van der Waals surface area contributed by atoms with E-state index in [9.17, 15) is 0 Å². The summed E-state index contributed by atoms with van der Waals surface area (Å²) in [6, 6.07) is 0. The van der Waals surface area contributed by atoms with Gasteiger partial charge in [0.1, 0.15) is 0 Å². The van der Waals surface area contributed by atoms with Crippen LogP contribution in [0.5, 0.6) is 0 Å². The summed E-state index contributed by atoms with van der Waals surface area (Å²) in [4.78, 5) is 16.0. The van der Waals surface area contributed by atoms with Gasteiger partial charge in [0.25, 0.3) is 0 Å². The molecule has 3 nitrogen and oxygen atoms in total.